The molecule has 12 heteroatoms. The second-order valence-electron chi connectivity index (χ2n) is 10.4. The molecule has 2 aromatic heterocycles. The predicted octanol–water partition coefficient (Wildman–Crippen LogP) is 4.12. The van der Waals surface area contributed by atoms with Crippen LogP contribution in [0.3, 0.4) is 0 Å². The van der Waals surface area contributed by atoms with Crippen LogP contribution in [0.2, 0.25) is 0 Å². The van der Waals surface area contributed by atoms with Crippen molar-refractivity contribution in [1.29, 1.82) is 0 Å². The molecule has 12 nitrogen and oxygen atoms in total. The number of amides is 2. The predicted molar refractivity (Wildman–Crippen MR) is 156 cm³/mol. The zero-order valence-electron chi connectivity index (χ0n) is 24.1. The van der Waals surface area contributed by atoms with Gasteiger partial charge < -0.3 is 5.32 Å². The van der Waals surface area contributed by atoms with E-state index in [1.165, 1.54) is 25.8 Å². The highest BCUT2D eigenvalue weighted by molar-refractivity contribution is 6.08. The number of anilines is 1. The summed E-state index contributed by atoms with van der Waals surface area (Å²) in [5.41, 5.74) is 3.19. The van der Waals surface area contributed by atoms with Crippen molar-refractivity contribution in [3.05, 3.63) is 89.5 Å². The van der Waals surface area contributed by atoms with Crippen molar-refractivity contribution in [3.8, 4) is 11.4 Å². The summed E-state index contributed by atoms with van der Waals surface area (Å²) < 4.78 is 3.19. The van der Waals surface area contributed by atoms with Crippen LogP contribution in [0.15, 0.2) is 67.0 Å². The first-order chi connectivity index (χ1) is 20.0. The summed E-state index contributed by atoms with van der Waals surface area (Å²) in [6.45, 7) is 6.86. The number of aromatic nitrogens is 6. The molecule has 0 unspecified atom stereocenters. The molecule has 0 fully saturated rings. The number of carbonyl (C=O) groups excluding carboxylic acids is 3. The molecular formula is C30H30N8O4. The minimum atomic E-state index is -0.719. The summed E-state index contributed by atoms with van der Waals surface area (Å²) >= 11 is 0. The van der Waals surface area contributed by atoms with E-state index in [9.17, 15) is 14.4 Å². The third-order valence-corrected chi connectivity index (χ3v) is 7.15. The SMILES string of the molecule is CON(C)C(=O)c1ccc(NC(C)=O)c(-n2cc(C(C)(C)c3cn(-c4cccc5c(C(C)=O)cccc45)nn3)nn2)c1. The zero-order valence-corrected chi connectivity index (χ0v) is 24.1. The molecule has 0 saturated carbocycles. The molecule has 0 atom stereocenters. The van der Waals surface area contributed by atoms with Gasteiger partial charge in [0.05, 0.1) is 53.4 Å². The average molecular weight is 567 g/mol. The van der Waals surface area contributed by atoms with Gasteiger partial charge in [-0.05, 0) is 50.4 Å². The van der Waals surface area contributed by atoms with E-state index in [1.54, 1.807) is 36.0 Å². The van der Waals surface area contributed by atoms with E-state index < -0.39 is 5.41 Å². The summed E-state index contributed by atoms with van der Waals surface area (Å²) in [5.74, 6) is -0.650. The number of nitrogens with zero attached hydrogens (tertiary/aromatic N) is 7. The summed E-state index contributed by atoms with van der Waals surface area (Å²) in [6, 6.07) is 16.2. The zero-order chi connectivity index (χ0) is 30.2. The van der Waals surface area contributed by atoms with E-state index in [0.717, 1.165) is 21.5 Å². The van der Waals surface area contributed by atoms with Crippen molar-refractivity contribution < 1.29 is 19.2 Å². The van der Waals surface area contributed by atoms with Crippen molar-refractivity contribution in [2.45, 2.75) is 33.1 Å². The van der Waals surface area contributed by atoms with Crippen molar-refractivity contribution >= 4 is 34.1 Å². The van der Waals surface area contributed by atoms with Gasteiger partial charge in [0, 0.05) is 30.5 Å². The molecule has 0 aliphatic rings. The number of rotatable bonds is 8. The van der Waals surface area contributed by atoms with Crippen molar-refractivity contribution in [2.24, 2.45) is 0 Å². The third kappa shape index (κ3) is 5.15. The molecule has 1 N–H and O–H groups in total. The summed E-state index contributed by atoms with van der Waals surface area (Å²) in [4.78, 5) is 41.8. The Morgan fingerprint density at radius 2 is 1.48 bits per heavy atom. The molecule has 0 saturated heterocycles. The first kappa shape index (κ1) is 28.3. The molecule has 0 spiro atoms. The molecule has 0 radical (unpaired) electrons. The van der Waals surface area contributed by atoms with Gasteiger partial charge in [0.25, 0.3) is 5.91 Å². The second-order valence-corrected chi connectivity index (χ2v) is 10.4. The van der Waals surface area contributed by atoms with Gasteiger partial charge in [-0.2, -0.15) is 0 Å². The summed E-state index contributed by atoms with van der Waals surface area (Å²) in [5, 5.41) is 23.2. The maximum atomic E-state index is 12.7. The topological polar surface area (TPSA) is 137 Å². The van der Waals surface area contributed by atoms with Crippen LogP contribution >= 0.6 is 0 Å². The van der Waals surface area contributed by atoms with Crippen molar-refractivity contribution in [3.63, 3.8) is 0 Å². The van der Waals surface area contributed by atoms with Gasteiger partial charge in [0.2, 0.25) is 5.91 Å². The number of carbonyl (C=O) groups is 3. The summed E-state index contributed by atoms with van der Waals surface area (Å²) in [6.07, 6.45) is 3.56. The van der Waals surface area contributed by atoms with Gasteiger partial charge in [-0.25, -0.2) is 14.4 Å². The minimum absolute atomic E-state index is 0.0106. The molecule has 3 aromatic carbocycles. The Hall–Kier alpha value is -5.23. The van der Waals surface area contributed by atoms with Crippen LogP contribution < -0.4 is 5.32 Å². The van der Waals surface area contributed by atoms with Gasteiger partial charge in [0.1, 0.15) is 0 Å². The number of ketones is 1. The van der Waals surface area contributed by atoms with E-state index in [0.29, 0.717) is 33.9 Å². The van der Waals surface area contributed by atoms with Crippen molar-refractivity contribution in [1.82, 2.24) is 35.1 Å². The molecule has 5 rings (SSSR count). The lowest BCUT2D eigenvalue weighted by molar-refractivity contribution is -0.114. The normalized spacial score (nSPS) is 11.5. The Morgan fingerprint density at radius 1 is 0.857 bits per heavy atom. The molecule has 0 aliphatic heterocycles. The Kier molecular flexibility index (Phi) is 7.40. The Balaban J connectivity index is 1.52. The van der Waals surface area contributed by atoms with Crippen LogP contribution in [-0.2, 0) is 15.0 Å². The fourth-order valence-electron chi connectivity index (χ4n) is 4.68. The number of benzene rings is 3. The highest BCUT2D eigenvalue weighted by Gasteiger charge is 2.31. The number of fused-ring (bicyclic) bond motifs is 1. The molecule has 0 bridgehead atoms. The van der Waals surface area contributed by atoms with Crippen LogP contribution in [0.4, 0.5) is 5.69 Å². The van der Waals surface area contributed by atoms with E-state index in [4.69, 9.17) is 4.84 Å². The molecule has 214 valence electrons. The quantitative estimate of drug-likeness (QED) is 0.219. The smallest absolute Gasteiger partial charge is 0.277 e. The van der Waals surface area contributed by atoms with Gasteiger partial charge in [0.15, 0.2) is 5.78 Å². The molecular weight excluding hydrogens is 536 g/mol. The first-order valence-corrected chi connectivity index (χ1v) is 13.1. The van der Waals surface area contributed by atoms with Gasteiger partial charge in [-0.3, -0.25) is 19.2 Å². The standard InChI is InChI=1S/C30H30N8O4/c1-18(39)21-9-7-11-23-22(21)10-8-12-25(23)37-16-27(32-34-37)30(3,4)28-17-38(35-33-28)26-15-20(29(41)36(5)42-6)13-14-24(26)31-19(2)40/h7-17H,1-6H3,(H,31,40). The number of hydrogen-bond acceptors (Lipinski definition) is 8. The number of hydroxylamine groups is 2. The first-order valence-electron chi connectivity index (χ1n) is 13.1. The van der Waals surface area contributed by atoms with Crippen LogP contribution in [0.5, 0.6) is 0 Å². The van der Waals surface area contributed by atoms with Crippen LogP contribution in [0, 0.1) is 0 Å². The lowest BCUT2D eigenvalue weighted by atomic mass is 9.86. The number of nitrogens with one attached hydrogen (secondary N) is 1. The average Bonchev–Trinajstić information content (AvgIpc) is 3.67. The fourth-order valence-corrected chi connectivity index (χ4v) is 4.68. The summed E-state index contributed by atoms with van der Waals surface area (Å²) in [7, 11) is 2.91. The highest BCUT2D eigenvalue weighted by atomic mass is 16.7. The van der Waals surface area contributed by atoms with Gasteiger partial charge >= 0.3 is 0 Å². The molecule has 42 heavy (non-hydrogen) atoms. The van der Waals surface area contributed by atoms with Crippen LogP contribution in [0.1, 0.15) is 59.8 Å². The second kappa shape index (κ2) is 11.0. The Morgan fingerprint density at radius 3 is 2.10 bits per heavy atom. The lowest BCUT2D eigenvalue weighted by Gasteiger charge is -2.18. The molecule has 0 aliphatic carbocycles. The molecule has 2 heterocycles. The Bertz CT molecular complexity index is 1840. The maximum absolute atomic E-state index is 12.7. The molecule has 2 amide bonds. The third-order valence-electron chi connectivity index (χ3n) is 7.15. The maximum Gasteiger partial charge on any atom is 0.277 e. The molecule has 5 aromatic rings. The lowest BCUT2D eigenvalue weighted by Crippen LogP contribution is -2.25. The largest absolute Gasteiger partial charge is 0.324 e. The Labute approximate surface area is 241 Å². The number of Topliss-reactive ketones (excluding diaryl/α,β-unsaturated/α-hetero) is 1. The van der Waals surface area contributed by atoms with E-state index >= 15 is 0 Å². The van der Waals surface area contributed by atoms with Crippen molar-refractivity contribution in [2.75, 3.05) is 19.5 Å². The fraction of sp³-hybridized carbons (Fsp3) is 0.233. The van der Waals surface area contributed by atoms with Crippen LogP contribution in [-0.4, -0.2) is 66.8 Å². The van der Waals surface area contributed by atoms with E-state index in [2.05, 4.69) is 25.9 Å². The van der Waals surface area contributed by atoms with E-state index in [-0.39, 0.29) is 17.6 Å². The van der Waals surface area contributed by atoms with Gasteiger partial charge in [-0.15, -0.1) is 10.2 Å². The monoisotopic (exact) mass is 566 g/mol. The van der Waals surface area contributed by atoms with Crippen LogP contribution in [0.25, 0.3) is 22.1 Å². The van der Waals surface area contributed by atoms with Gasteiger partial charge in [-0.1, -0.05) is 40.8 Å². The van der Waals surface area contributed by atoms with E-state index in [1.807, 2.05) is 56.4 Å². The number of hydrogen-bond donors (Lipinski definition) is 1. The minimum Gasteiger partial charge on any atom is -0.324 e. The highest BCUT2D eigenvalue weighted by Crippen LogP contribution is 2.32.